The molecule has 3 N–H and O–H groups in total. The third-order valence-electron chi connectivity index (χ3n) is 6.41. The van der Waals surface area contributed by atoms with Gasteiger partial charge in [-0.25, -0.2) is 4.98 Å². The number of likely N-dealkylation sites (N-methyl/N-ethyl adjacent to an activating group) is 1. The molecule has 3 aromatic rings. The Morgan fingerprint density at radius 2 is 1.87 bits per heavy atom. The fraction of sp³-hybridized carbons (Fsp3) is 0.357. The minimum Gasteiger partial charge on any atom is -0.501 e. The van der Waals surface area contributed by atoms with Crippen LogP contribution in [-0.2, 0) is 23.4 Å². The molecule has 0 fully saturated rings. The summed E-state index contributed by atoms with van der Waals surface area (Å²) in [4.78, 5) is 44.7. The van der Waals surface area contributed by atoms with Gasteiger partial charge in [-0.1, -0.05) is 36.4 Å². The smallest absolute Gasteiger partial charge is 0.296 e. The van der Waals surface area contributed by atoms with Crippen LogP contribution in [0.1, 0.15) is 46.1 Å². The maximum Gasteiger partial charge on any atom is 0.296 e. The molecule has 1 aromatic heterocycles. The zero-order chi connectivity index (χ0) is 27.4. The maximum absolute atomic E-state index is 13.0. The number of aromatic nitrogens is 2. The van der Waals surface area contributed by atoms with E-state index in [0.29, 0.717) is 18.7 Å². The first-order valence-electron chi connectivity index (χ1n) is 12.5. The Balaban J connectivity index is 1.54. The summed E-state index contributed by atoms with van der Waals surface area (Å²) in [5, 5.41) is 16.1. The van der Waals surface area contributed by atoms with Gasteiger partial charge >= 0.3 is 0 Å². The number of amides is 2. The second-order valence-electron chi connectivity index (χ2n) is 9.93. The lowest BCUT2D eigenvalue weighted by Gasteiger charge is -2.32. The summed E-state index contributed by atoms with van der Waals surface area (Å²) in [6.45, 7) is 5.47. The van der Waals surface area contributed by atoms with Crippen LogP contribution in [-0.4, -0.2) is 65.2 Å². The Labute approximate surface area is 221 Å². The SMILES string of the molecule is CN(C)CCNC(=O)c1cccc(-c2ccccc2CNC(=O)c2nc3n(c(=O)c2O)CCOC3(C)C)c1. The summed E-state index contributed by atoms with van der Waals surface area (Å²) < 4.78 is 7.05. The first-order valence-corrected chi connectivity index (χ1v) is 12.5. The van der Waals surface area contributed by atoms with Crippen LogP contribution >= 0.6 is 0 Å². The van der Waals surface area contributed by atoms with Crippen LogP contribution in [0.2, 0.25) is 0 Å². The Kier molecular flexibility index (Phi) is 7.94. The molecule has 1 aliphatic heterocycles. The van der Waals surface area contributed by atoms with Crippen molar-refractivity contribution in [2.24, 2.45) is 0 Å². The van der Waals surface area contributed by atoms with Gasteiger partial charge in [0.2, 0.25) is 5.75 Å². The zero-order valence-corrected chi connectivity index (χ0v) is 22.1. The average molecular weight is 520 g/mol. The first-order chi connectivity index (χ1) is 18.1. The van der Waals surface area contributed by atoms with E-state index >= 15 is 0 Å². The number of hydrogen-bond donors (Lipinski definition) is 3. The van der Waals surface area contributed by atoms with E-state index in [-0.39, 0.29) is 30.5 Å². The van der Waals surface area contributed by atoms with Gasteiger partial charge in [-0.15, -0.1) is 0 Å². The van der Waals surface area contributed by atoms with Crippen LogP contribution in [0, 0.1) is 0 Å². The number of nitrogens with zero attached hydrogens (tertiary/aromatic N) is 3. The molecule has 4 rings (SSSR count). The Morgan fingerprint density at radius 3 is 2.63 bits per heavy atom. The van der Waals surface area contributed by atoms with Crippen molar-refractivity contribution in [2.75, 3.05) is 33.8 Å². The molecular weight excluding hydrogens is 486 g/mol. The molecule has 0 aliphatic carbocycles. The predicted molar refractivity (Wildman–Crippen MR) is 143 cm³/mol. The lowest BCUT2D eigenvalue weighted by molar-refractivity contribution is -0.0566. The van der Waals surface area contributed by atoms with Crippen molar-refractivity contribution >= 4 is 11.8 Å². The van der Waals surface area contributed by atoms with Gasteiger partial charge in [0.1, 0.15) is 11.4 Å². The number of nitrogens with one attached hydrogen (secondary N) is 2. The Bertz CT molecular complexity index is 1410. The van der Waals surface area contributed by atoms with Gasteiger partial charge < -0.3 is 25.4 Å². The molecule has 0 saturated heterocycles. The highest BCUT2D eigenvalue weighted by atomic mass is 16.5. The largest absolute Gasteiger partial charge is 0.501 e. The van der Waals surface area contributed by atoms with E-state index in [1.807, 2.05) is 61.5 Å². The van der Waals surface area contributed by atoms with Crippen molar-refractivity contribution in [3.8, 4) is 16.9 Å². The van der Waals surface area contributed by atoms with Crippen LogP contribution in [0.25, 0.3) is 11.1 Å². The lowest BCUT2D eigenvalue weighted by Crippen LogP contribution is -2.42. The summed E-state index contributed by atoms with van der Waals surface area (Å²) in [5.41, 5.74) is 1.11. The first kappa shape index (κ1) is 27.0. The van der Waals surface area contributed by atoms with E-state index in [9.17, 15) is 19.5 Å². The molecule has 200 valence electrons. The predicted octanol–water partition coefficient (Wildman–Crippen LogP) is 2.10. The molecule has 0 saturated carbocycles. The number of aromatic hydroxyl groups is 1. The van der Waals surface area contributed by atoms with Crippen LogP contribution in [0.5, 0.6) is 5.75 Å². The summed E-state index contributed by atoms with van der Waals surface area (Å²) >= 11 is 0. The molecule has 10 heteroatoms. The third-order valence-corrected chi connectivity index (χ3v) is 6.41. The summed E-state index contributed by atoms with van der Waals surface area (Å²) in [6, 6.07) is 14.8. The monoisotopic (exact) mass is 519 g/mol. The van der Waals surface area contributed by atoms with Crippen molar-refractivity contribution in [1.82, 2.24) is 25.1 Å². The molecule has 0 radical (unpaired) electrons. The minimum absolute atomic E-state index is 0.119. The van der Waals surface area contributed by atoms with Crippen molar-refractivity contribution in [3.05, 3.63) is 81.5 Å². The highest BCUT2D eigenvalue weighted by molar-refractivity contribution is 5.96. The van der Waals surface area contributed by atoms with Crippen LogP contribution in [0.3, 0.4) is 0 Å². The number of carbonyl (C=O) groups excluding carboxylic acids is 2. The van der Waals surface area contributed by atoms with Gasteiger partial charge in [0, 0.05) is 25.2 Å². The second-order valence-corrected chi connectivity index (χ2v) is 9.93. The zero-order valence-electron chi connectivity index (χ0n) is 22.1. The highest BCUT2D eigenvalue weighted by Crippen LogP contribution is 2.28. The average Bonchev–Trinajstić information content (AvgIpc) is 2.89. The second kappa shape index (κ2) is 11.2. The normalized spacial score (nSPS) is 14.1. The standard InChI is InChI=1S/C28H33N5O5/c1-28(2)27-31-22(23(34)26(37)33(27)14-15-38-28)25(36)30-17-20-8-5-6-11-21(20)18-9-7-10-19(16-18)24(35)29-12-13-32(3)4/h5-11,16,34H,12-15,17H2,1-4H3,(H,29,35)(H,30,36). The van der Waals surface area contributed by atoms with Gasteiger partial charge in [-0.3, -0.25) is 19.0 Å². The van der Waals surface area contributed by atoms with Gasteiger partial charge in [0.25, 0.3) is 17.4 Å². The van der Waals surface area contributed by atoms with Crippen LogP contribution in [0.15, 0.2) is 53.3 Å². The van der Waals surface area contributed by atoms with Gasteiger partial charge in [0.15, 0.2) is 5.69 Å². The molecule has 0 unspecified atom stereocenters. The molecular formula is C28H33N5O5. The molecule has 2 heterocycles. The molecule has 0 spiro atoms. The number of fused-ring (bicyclic) bond motifs is 1. The lowest BCUT2D eigenvalue weighted by atomic mass is 9.97. The summed E-state index contributed by atoms with van der Waals surface area (Å²) in [6.07, 6.45) is 0. The fourth-order valence-corrected chi connectivity index (χ4v) is 4.36. The van der Waals surface area contributed by atoms with Crippen molar-refractivity contribution in [3.63, 3.8) is 0 Å². The van der Waals surface area contributed by atoms with E-state index in [1.165, 1.54) is 4.57 Å². The summed E-state index contributed by atoms with van der Waals surface area (Å²) in [7, 11) is 3.89. The molecule has 0 bridgehead atoms. The van der Waals surface area contributed by atoms with E-state index in [4.69, 9.17) is 4.74 Å². The van der Waals surface area contributed by atoms with E-state index in [0.717, 1.165) is 23.2 Å². The molecule has 0 atom stereocenters. The van der Waals surface area contributed by atoms with Crippen LogP contribution < -0.4 is 16.2 Å². The van der Waals surface area contributed by atoms with Gasteiger partial charge in [-0.05, 0) is 56.8 Å². The Morgan fingerprint density at radius 1 is 1.11 bits per heavy atom. The molecule has 1 aliphatic rings. The fourth-order valence-electron chi connectivity index (χ4n) is 4.36. The van der Waals surface area contributed by atoms with Crippen molar-refractivity contribution in [2.45, 2.75) is 32.5 Å². The molecule has 10 nitrogen and oxygen atoms in total. The quantitative estimate of drug-likeness (QED) is 0.416. The third kappa shape index (κ3) is 5.76. The topological polar surface area (TPSA) is 126 Å². The number of ether oxygens (including phenoxy) is 1. The number of carbonyl (C=O) groups is 2. The van der Waals surface area contributed by atoms with Crippen molar-refractivity contribution in [1.29, 1.82) is 0 Å². The van der Waals surface area contributed by atoms with Gasteiger partial charge in [0.05, 0.1) is 13.2 Å². The molecule has 38 heavy (non-hydrogen) atoms. The Hall–Kier alpha value is -4.02. The minimum atomic E-state index is -0.878. The number of hydrogen-bond acceptors (Lipinski definition) is 7. The maximum atomic E-state index is 13.0. The molecule has 2 aromatic carbocycles. The van der Waals surface area contributed by atoms with Crippen molar-refractivity contribution < 1.29 is 19.4 Å². The van der Waals surface area contributed by atoms with E-state index in [1.54, 1.807) is 19.9 Å². The van der Waals surface area contributed by atoms with E-state index < -0.39 is 22.8 Å². The number of benzene rings is 2. The number of rotatable bonds is 8. The highest BCUT2D eigenvalue weighted by Gasteiger charge is 2.34. The molecule has 2 amide bonds. The van der Waals surface area contributed by atoms with Gasteiger partial charge in [-0.2, -0.15) is 0 Å². The van der Waals surface area contributed by atoms with E-state index in [2.05, 4.69) is 15.6 Å². The summed E-state index contributed by atoms with van der Waals surface area (Å²) in [5.74, 6) is -1.23. The van der Waals surface area contributed by atoms with Crippen LogP contribution in [0.4, 0.5) is 0 Å².